The van der Waals surface area contributed by atoms with Gasteiger partial charge >= 0.3 is 0 Å². The minimum atomic E-state index is -0.488. The van der Waals surface area contributed by atoms with Gasteiger partial charge in [-0.1, -0.05) is 71.6 Å². The third kappa shape index (κ3) is 4.96. The Morgan fingerprint density at radius 2 is 1.86 bits per heavy atom. The highest BCUT2D eigenvalue weighted by Crippen LogP contribution is 2.67. The molecular weight excluding hydrogens is 432 g/mol. The molecule has 0 spiro atoms. The molecule has 3 heteroatoms. The summed E-state index contributed by atoms with van der Waals surface area (Å²) in [5.74, 6) is 5.33. The standard InChI is InChI=1S/C32H52O3/c1-21(2)7-6-8-22(3)27-12-13-28-26-11-9-23-19-25(35-30-14-10-24(33)20-34-30)15-17-31(23,4)29(26)16-18-32(27,28)5/h9-10,14,21-22,24-30,33H,6-8,11-13,15-20H2,1-5H3. The second kappa shape index (κ2) is 10.3. The molecule has 3 saturated carbocycles. The number of fused-ring (bicyclic) bond motifs is 5. The number of hydrogen-bond donors (Lipinski definition) is 1. The lowest BCUT2D eigenvalue weighted by molar-refractivity contribution is -0.168. The first-order valence-electron chi connectivity index (χ1n) is 15.0. The first kappa shape index (κ1) is 26.0. The summed E-state index contributed by atoms with van der Waals surface area (Å²) in [6.07, 6.45) is 20.6. The molecule has 0 aromatic heterocycles. The maximum absolute atomic E-state index is 9.64. The zero-order valence-electron chi connectivity index (χ0n) is 23.2. The highest BCUT2D eigenvalue weighted by atomic mass is 16.7. The lowest BCUT2D eigenvalue weighted by Crippen LogP contribution is -2.51. The zero-order chi connectivity index (χ0) is 24.8. The summed E-state index contributed by atoms with van der Waals surface area (Å²) in [7, 11) is 0. The number of allylic oxidation sites excluding steroid dienone is 1. The molecule has 198 valence electrons. The minimum Gasteiger partial charge on any atom is -0.387 e. The van der Waals surface area contributed by atoms with Crippen molar-refractivity contribution in [1.82, 2.24) is 0 Å². The molecule has 5 rings (SSSR count). The van der Waals surface area contributed by atoms with Gasteiger partial charge in [-0.05, 0) is 104 Å². The summed E-state index contributed by atoms with van der Waals surface area (Å²) in [6.45, 7) is 13.0. The molecule has 10 unspecified atom stereocenters. The Kier molecular flexibility index (Phi) is 7.62. The molecule has 1 heterocycles. The van der Waals surface area contributed by atoms with Gasteiger partial charge in [-0.2, -0.15) is 0 Å². The molecule has 35 heavy (non-hydrogen) atoms. The molecule has 4 aliphatic carbocycles. The van der Waals surface area contributed by atoms with Crippen LogP contribution in [0.5, 0.6) is 0 Å². The maximum atomic E-state index is 9.64. The van der Waals surface area contributed by atoms with Crippen LogP contribution in [0.4, 0.5) is 0 Å². The van der Waals surface area contributed by atoms with Gasteiger partial charge in [0.15, 0.2) is 6.29 Å². The largest absolute Gasteiger partial charge is 0.387 e. The van der Waals surface area contributed by atoms with E-state index in [1.807, 2.05) is 12.2 Å². The quantitative estimate of drug-likeness (QED) is 0.377. The monoisotopic (exact) mass is 484 g/mol. The topological polar surface area (TPSA) is 38.7 Å². The Balaban J connectivity index is 1.24. The van der Waals surface area contributed by atoms with Crippen molar-refractivity contribution in [3.8, 4) is 0 Å². The van der Waals surface area contributed by atoms with E-state index < -0.39 is 6.10 Å². The summed E-state index contributed by atoms with van der Waals surface area (Å²) in [4.78, 5) is 0. The fourth-order valence-electron chi connectivity index (χ4n) is 9.57. The van der Waals surface area contributed by atoms with Crippen LogP contribution in [0.3, 0.4) is 0 Å². The molecule has 3 fully saturated rings. The highest BCUT2D eigenvalue weighted by Gasteiger charge is 2.59. The van der Waals surface area contributed by atoms with E-state index in [9.17, 15) is 5.11 Å². The Morgan fingerprint density at radius 1 is 1.03 bits per heavy atom. The summed E-state index contributed by atoms with van der Waals surface area (Å²) >= 11 is 0. The van der Waals surface area contributed by atoms with Crippen molar-refractivity contribution < 1.29 is 14.6 Å². The van der Waals surface area contributed by atoms with Crippen LogP contribution < -0.4 is 0 Å². The highest BCUT2D eigenvalue weighted by molar-refractivity contribution is 5.25. The smallest absolute Gasteiger partial charge is 0.177 e. The van der Waals surface area contributed by atoms with Crippen molar-refractivity contribution in [2.24, 2.45) is 46.3 Å². The fourth-order valence-corrected chi connectivity index (χ4v) is 9.57. The molecule has 3 nitrogen and oxygen atoms in total. The number of aliphatic hydroxyl groups excluding tert-OH is 1. The van der Waals surface area contributed by atoms with Gasteiger partial charge in [-0.25, -0.2) is 0 Å². The van der Waals surface area contributed by atoms with Crippen molar-refractivity contribution in [3.63, 3.8) is 0 Å². The van der Waals surface area contributed by atoms with Gasteiger partial charge in [-0.15, -0.1) is 0 Å². The normalized spacial score (nSPS) is 46.0. The van der Waals surface area contributed by atoms with E-state index in [0.717, 1.165) is 48.3 Å². The SMILES string of the molecule is CC(C)CCCC(C)C1CCC2C3CC=C4CC(OC5C=CC(O)CO5)CCC4(C)C3CCC12C. The molecule has 0 aromatic rings. The van der Waals surface area contributed by atoms with Crippen molar-refractivity contribution >= 4 is 0 Å². The van der Waals surface area contributed by atoms with Gasteiger partial charge in [0.2, 0.25) is 0 Å². The van der Waals surface area contributed by atoms with Gasteiger partial charge in [0.25, 0.3) is 0 Å². The first-order chi connectivity index (χ1) is 16.7. The second-order valence-corrected chi connectivity index (χ2v) is 13.9. The molecule has 0 radical (unpaired) electrons. The van der Waals surface area contributed by atoms with E-state index in [1.165, 1.54) is 57.8 Å². The van der Waals surface area contributed by atoms with Crippen LogP contribution in [0.25, 0.3) is 0 Å². The third-order valence-corrected chi connectivity index (χ3v) is 11.5. The van der Waals surface area contributed by atoms with Crippen molar-refractivity contribution in [2.45, 2.75) is 124 Å². The van der Waals surface area contributed by atoms with Crippen LogP contribution in [0.1, 0.15) is 105 Å². The number of ether oxygens (including phenoxy) is 2. The molecule has 1 N–H and O–H groups in total. The van der Waals surface area contributed by atoms with Crippen molar-refractivity contribution in [3.05, 3.63) is 23.8 Å². The number of hydrogen-bond acceptors (Lipinski definition) is 3. The Bertz CT molecular complexity index is 801. The minimum absolute atomic E-state index is 0.243. The predicted octanol–water partition coefficient (Wildman–Crippen LogP) is 7.69. The lowest BCUT2D eigenvalue weighted by atomic mass is 9.47. The summed E-state index contributed by atoms with van der Waals surface area (Å²) in [5, 5.41) is 9.64. The average Bonchev–Trinajstić information content (AvgIpc) is 3.18. The molecule has 10 atom stereocenters. The summed E-state index contributed by atoms with van der Waals surface area (Å²) < 4.78 is 12.0. The van der Waals surface area contributed by atoms with Crippen LogP contribution in [0, 0.1) is 46.3 Å². The Labute approximate surface area is 215 Å². The van der Waals surface area contributed by atoms with E-state index in [0.29, 0.717) is 17.4 Å². The Hall–Kier alpha value is -0.640. The molecule has 0 saturated heterocycles. The number of rotatable bonds is 7. The third-order valence-electron chi connectivity index (χ3n) is 11.5. The van der Waals surface area contributed by atoms with Crippen LogP contribution in [0.15, 0.2) is 23.8 Å². The average molecular weight is 485 g/mol. The molecule has 0 bridgehead atoms. The maximum Gasteiger partial charge on any atom is 0.177 e. The fraction of sp³-hybridized carbons (Fsp3) is 0.875. The molecule has 1 aliphatic heterocycles. The van der Waals surface area contributed by atoms with E-state index in [-0.39, 0.29) is 12.4 Å². The summed E-state index contributed by atoms with van der Waals surface area (Å²) in [6, 6.07) is 0. The zero-order valence-corrected chi connectivity index (χ0v) is 23.2. The van der Waals surface area contributed by atoms with Gasteiger partial charge < -0.3 is 14.6 Å². The van der Waals surface area contributed by atoms with E-state index in [1.54, 1.807) is 5.57 Å². The van der Waals surface area contributed by atoms with Gasteiger partial charge in [0.1, 0.15) is 0 Å². The first-order valence-corrected chi connectivity index (χ1v) is 15.0. The van der Waals surface area contributed by atoms with Crippen LogP contribution in [-0.4, -0.2) is 30.2 Å². The van der Waals surface area contributed by atoms with E-state index in [4.69, 9.17) is 9.47 Å². The summed E-state index contributed by atoms with van der Waals surface area (Å²) in [5.41, 5.74) is 2.61. The van der Waals surface area contributed by atoms with E-state index >= 15 is 0 Å². The van der Waals surface area contributed by atoms with Gasteiger partial charge in [-0.3, -0.25) is 0 Å². The second-order valence-electron chi connectivity index (χ2n) is 13.9. The van der Waals surface area contributed by atoms with Crippen molar-refractivity contribution in [2.75, 3.05) is 6.61 Å². The van der Waals surface area contributed by atoms with E-state index in [2.05, 4.69) is 40.7 Å². The number of aliphatic hydroxyl groups is 1. The van der Waals surface area contributed by atoms with Crippen LogP contribution >= 0.6 is 0 Å². The lowest BCUT2D eigenvalue weighted by Gasteiger charge is -2.58. The van der Waals surface area contributed by atoms with Crippen LogP contribution in [-0.2, 0) is 9.47 Å². The van der Waals surface area contributed by atoms with Gasteiger partial charge in [0, 0.05) is 0 Å². The van der Waals surface area contributed by atoms with Gasteiger partial charge in [0.05, 0.1) is 18.8 Å². The molecular formula is C32H52O3. The molecule has 0 aromatic carbocycles. The predicted molar refractivity (Wildman–Crippen MR) is 143 cm³/mol. The molecule has 5 aliphatic rings. The van der Waals surface area contributed by atoms with Crippen molar-refractivity contribution in [1.29, 1.82) is 0 Å². The molecule has 0 amide bonds. The Morgan fingerprint density at radius 3 is 2.60 bits per heavy atom. The van der Waals surface area contributed by atoms with Crippen LogP contribution in [0.2, 0.25) is 0 Å².